The SMILES string of the molecule is Cc1nn(C)c(C)c1C(C)NCCC1CCCC(C)C1. The number of aryl methyl sites for hydroxylation is 2. The minimum absolute atomic E-state index is 0.407. The molecule has 0 bridgehead atoms. The van der Waals surface area contributed by atoms with Crippen LogP contribution in [0, 0.1) is 25.7 Å². The van der Waals surface area contributed by atoms with Crippen LogP contribution < -0.4 is 5.32 Å². The first kappa shape index (κ1) is 15.6. The molecule has 3 atom stereocenters. The molecule has 0 aliphatic heterocycles. The molecule has 0 radical (unpaired) electrons. The molecule has 0 aromatic carbocycles. The van der Waals surface area contributed by atoms with Gasteiger partial charge in [0.15, 0.2) is 0 Å². The molecule has 1 aromatic rings. The lowest BCUT2D eigenvalue weighted by Gasteiger charge is -2.27. The predicted octanol–water partition coefficient (Wildman–Crippen LogP) is 3.90. The number of aromatic nitrogens is 2. The van der Waals surface area contributed by atoms with Crippen molar-refractivity contribution in [2.45, 2.75) is 65.8 Å². The Balaban J connectivity index is 1.81. The highest BCUT2D eigenvalue weighted by atomic mass is 15.3. The maximum atomic E-state index is 4.52. The average Bonchev–Trinajstić information content (AvgIpc) is 2.63. The van der Waals surface area contributed by atoms with Crippen LogP contribution in [0.4, 0.5) is 0 Å². The Bertz CT molecular complexity index is 436. The summed E-state index contributed by atoms with van der Waals surface area (Å²) in [5.74, 6) is 1.88. The Morgan fingerprint density at radius 3 is 2.70 bits per heavy atom. The van der Waals surface area contributed by atoms with Crippen molar-refractivity contribution >= 4 is 0 Å². The van der Waals surface area contributed by atoms with Crippen molar-refractivity contribution in [3.8, 4) is 0 Å². The van der Waals surface area contributed by atoms with Crippen LogP contribution in [0.1, 0.15) is 68.9 Å². The van der Waals surface area contributed by atoms with E-state index in [-0.39, 0.29) is 0 Å². The third-order valence-corrected chi connectivity index (χ3v) is 5.05. The molecule has 2 rings (SSSR count). The molecule has 0 spiro atoms. The predicted molar refractivity (Wildman–Crippen MR) is 84.8 cm³/mol. The Morgan fingerprint density at radius 2 is 2.10 bits per heavy atom. The van der Waals surface area contributed by atoms with Crippen molar-refractivity contribution in [2.24, 2.45) is 18.9 Å². The molecule has 114 valence electrons. The van der Waals surface area contributed by atoms with Crippen LogP contribution in [-0.4, -0.2) is 16.3 Å². The van der Waals surface area contributed by atoms with Gasteiger partial charge in [0.25, 0.3) is 0 Å². The zero-order chi connectivity index (χ0) is 14.7. The molecule has 1 aliphatic rings. The molecule has 3 heteroatoms. The fraction of sp³-hybridized carbons (Fsp3) is 0.824. The lowest BCUT2D eigenvalue weighted by atomic mass is 9.81. The monoisotopic (exact) mass is 277 g/mol. The van der Waals surface area contributed by atoms with E-state index in [1.807, 2.05) is 11.7 Å². The molecule has 1 saturated carbocycles. The van der Waals surface area contributed by atoms with Gasteiger partial charge in [-0.25, -0.2) is 0 Å². The maximum Gasteiger partial charge on any atom is 0.0644 e. The third kappa shape index (κ3) is 3.63. The van der Waals surface area contributed by atoms with Crippen molar-refractivity contribution in [3.05, 3.63) is 17.0 Å². The molecular formula is C17H31N3. The van der Waals surface area contributed by atoms with Gasteiger partial charge in [0.1, 0.15) is 0 Å². The summed E-state index contributed by atoms with van der Waals surface area (Å²) in [6.45, 7) is 10.1. The molecule has 1 N–H and O–H groups in total. The van der Waals surface area contributed by atoms with Gasteiger partial charge in [0.2, 0.25) is 0 Å². The van der Waals surface area contributed by atoms with Crippen LogP contribution in [0.2, 0.25) is 0 Å². The van der Waals surface area contributed by atoms with Crippen molar-refractivity contribution in [1.29, 1.82) is 0 Å². The molecule has 20 heavy (non-hydrogen) atoms. The first-order valence-corrected chi connectivity index (χ1v) is 8.22. The van der Waals surface area contributed by atoms with Gasteiger partial charge in [-0.15, -0.1) is 0 Å². The van der Waals surface area contributed by atoms with Crippen LogP contribution in [-0.2, 0) is 7.05 Å². The number of hydrogen-bond donors (Lipinski definition) is 1. The Kier molecular flexibility index (Phi) is 5.25. The van der Waals surface area contributed by atoms with Gasteiger partial charge in [0.05, 0.1) is 5.69 Å². The van der Waals surface area contributed by atoms with Crippen LogP contribution in [0.5, 0.6) is 0 Å². The smallest absolute Gasteiger partial charge is 0.0644 e. The van der Waals surface area contributed by atoms with E-state index in [4.69, 9.17) is 0 Å². The normalized spacial score (nSPS) is 24.9. The lowest BCUT2D eigenvalue weighted by Crippen LogP contribution is -2.24. The zero-order valence-corrected chi connectivity index (χ0v) is 13.9. The summed E-state index contributed by atoms with van der Waals surface area (Å²) in [4.78, 5) is 0. The lowest BCUT2D eigenvalue weighted by molar-refractivity contribution is 0.265. The van der Waals surface area contributed by atoms with E-state index in [0.29, 0.717) is 6.04 Å². The summed E-state index contributed by atoms with van der Waals surface area (Å²) in [6, 6.07) is 0.407. The third-order valence-electron chi connectivity index (χ3n) is 5.05. The maximum absolute atomic E-state index is 4.52. The topological polar surface area (TPSA) is 29.9 Å². The van der Waals surface area contributed by atoms with Gasteiger partial charge in [-0.05, 0) is 52.0 Å². The molecule has 3 nitrogen and oxygen atoms in total. The minimum atomic E-state index is 0.407. The van der Waals surface area contributed by atoms with Crippen LogP contribution in [0.3, 0.4) is 0 Å². The van der Waals surface area contributed by atoms with E-state index >= 15 is 0 Å². The minimum Gasteiger partial charge on any atom is -0.310 e. The van der Waals surface area contributed by atoms with Crippen LogP contribution in [0.15, 0.2) is 0 Å². The molecule has 1 aliphatic carbocycles. The Hall–Kier alpha value is -0.830. The molecule has 1 heterocycles. The molecule has 0 saturated heterocycles. The van der Waals surface area contributed by atoms with Crippen molar-refractivity contribution in [3.63, 3.8) is 0 Å². The van der Waals surface area contributed by atoms with Gasteiger partial charge in [-0.3, -0.25) is 4.68 Å². The summed E-state index contributed by atoms with van der Waals surface area (Å²) >= 11 is 0. The summed E-state index contributed by atoms with van der Waals surface area (Å²) in [5.41, 5.74) is 3.83. The van der Waals surface area contributed by atoms with Gasteiger partial charge in [-0.2, -0.15) is 5.10 Å². The number of nitrogens with zero attached hydrogens (tertiary/aromatic N) is 2. The highest BCUT2D eigenvalue weighted by molar-refractivity contribution is 5.27. The second kappa shape index (κ2) is 6.75. The van der Waals surface area contributed by atoms with Gasteiger partial charge >= 0.3 is 0 Å². The fourth-order valence-corrected chi connectivity index (χ4v) is 3.84. The molecule has 1 fully saturated rings. The van der Waals surface area contributed by atoms with Crippen molar-refractivity contribution < 1.29 is 0 Å². The first-order valence-electron chi connectivity index (χ1n) is 8.22. The van der Waals surface area contributed by atoms with Crippen LogP contribution in [0.25, 0.3) is 0 Å². The summed E-state index contributed by atoms with van der Waals surface area (Å²) in [6.07, 6.45) is 7.07. The molecule has 3 unspecified atom stereocenters. The summed E-state index contributed by atoms with van der Waals surface area (Å²) in [5, 5.41) is 8.22. The average molecular weight is 277 g/mol. The Labute approximate surface area is 124 Å². The summed E-state index contributed by atoms with van der Waals surface area (Å²) in [7, 11) is 2.03. The number of hydrogen-bond acceptors (Lipinski definition) is 2. The second-order valence-electron chi connectivity index (χ2n) is 6.81. The first-order chi connectivity index (χ1) is 9.49. The van der Waals surface area contributed by atoms with Crippen molar-refractivity contribution in [1.82, 2.24) is 15.1 Å². The fourth-order valence-electron chi connectivity index (χ4n) is 3.84. The van der Waals surface area contributed by atoms with Crippen molar-refractivity contribution in [2.75, 3.05) is 6.54 Å². The molecule has 1 aromatic heterocycles. The van der Waals surface area contributed by atoms with E-state index in [0.717, 1.165) is 24.1 Å². The highest BCUT2D eigenvalue weighted by Gasteiger charge is 2.20. The zero-order valence-electron chi connectivity index (χ0n) is 13.9. The van der Waals surface area contributed by atoms with Gasteiger partial charge in [0, 0.05) is 24.3 Å². The second-order valence-corrected chi connectivity index (χ2v) is 6.81. The number of nitrogens with one attached hydrogen (secondary N) is 1. The van der Waals surface area contributed by atoms with E-state index in [1.165, 1.54) is 43.4 Å². The van der Waals surface area contributed by atoms with Gasteiger partial charge in [-0.1, -0.05) is 26.2 Å². The highest BCUT2D eigenvalue weighted by Crippen LogP contribution is 2.30. The summed E-state index contributed by atoms with van der Waals surface area (Å²) < 4.78 is 1.99. The molecule has 0 amide bonds. The quantitative estimate of drug-likeness (QED) is 0.884. The molecular weight excluding hydrogens is 246 g/mol. The largest absolute Gasteiger partial charge is 0.310 e. The van der Waals surface area contributed by atoms with E-state index in [2.05, 4.69) is 38.1 Å². The van der Waals surface area contributed by atoms with E-state index < -0.39 is 0 Å². The number of rotatable bonds is 5. The van der Waals surface area contributed by atoms with Crippen LogP contribution >= 0.6 is 0 Å². The standard InChI is InChI=1S/C17H31N3/c1-12-7-6-8-16(11-12)9-10-18-13(2)17-14(3)19-20(5)15(17)4/h12-13,16,18H,6-11H2,1-5H3. The Morgan fingerprint density at radius 1 is 1.35 bits per heavy atom. The van der Waals surface area contributed by atoms with Gasteiger partial charge < -0.3 is 5.32 Å². The van der Waals surface area contributed by atoms with E-state index in [9.17, 15) is 0 Å². The van der Waals surface area contributed by atoms with E-state index in [1.54, 1.807) is 0 Å².